The molecule has 2 N–H and O–H groups in total. The van der Waals surface area contributed by atoms with Gasteiger partial charge < -0.3 is 10.3 Å². The summed E-state index contributed by atoms with van der Waals surface area (Å²) < 4.78 is 2.19. The molecule has 5 heteroatoms. The van der Waals surface area contributed by atoms with Gasteiger partial charge in [0.25, 0.3) is 0 Å². The van der Waals surface area contributed by atoms with Crippen LogP contribution in [0.2, 0.25) is 0 Å². The lowest BCUT2D eigenvalue weighted by Crippen LogP contribution is -2.01. The van der Waals surface area contributed by atoms with E-state index in [0.717, 1.165) is 35.3 Å². The van der Waals surface area contributed by atoms with Crippen LogP contribution in [0.4, 0.5) is 0 Å². The lowest BCUT2D eigenvalue weighted by Gasteiger charge is -2.03. The Morgan fingerprint density at radius 1 is 1.37 bits per heavy atom. The molecule has 0 fully saturated rings. The van der Waals surface area contributed by atoms with Gasteiger partial charge in [-0.1, -0.05) is 0 Å². The number of rotatable bonds is 4. The van der Waals surface area contributed by atoms with Crippen LogP contribution in [0.25, 0.3) is 11.0 Å². The van der Waals surface area contributed by atoms with Gasteiger partial charge in [0.2, 0.25) is 0 Å². The fourth-order valence-corrected chi connectivity index (χ4v) is 3.09. The molecule has 0 aliphatic heterocycles. The van der Waals surface area contributed by atoms with E-state index >= 15 is 0 Å². The fraction of sp³-hybridized carbons (Fsp3) is 0.286. The van der Waals surface area contributed by atoms with Crippen molar-refractivity contribution in [3.8, 4) is 0 Å². The lowest BCUT2D eigenvalue weighted by molar-refractivity contribution is 0.716. The quantitative estimate of drug-likeness (QED) is 0.794. The molecule has 0 saturated heterocycles. The lowest BCUT2D eigenvalue weighted by atomic mass is 10.2. The third kappa shape index (κ3) is 2.27. The summed E-state index contributed by atoms with van der Waals surface area (Å²) in [5.74, 6) is 0. The average molecular weight is 272 g/mol. The largest absolute Gasteiger partial charge is 0.332 e. The Kier molecular flexibility index (Phi) is 3.31. The first-order valence-corrected chi connectivity index (χ1v) is 7.19. The maximum Gasteiger partial charge on any atom is 0.140 e. The number of aromatic nitrogens is 3. The molecule has 0 bridgehead atoms. The Morgan fingerprint density at radius 3 is 3.00 bits per heavy atom. The number of nitrogens with zero attached hydrogens (tertiary/aromatic N) is 3. The molecule has 0 amide bonds. The normalized spacial score (nSPS) is 11.3. The Hall–Kier alpha value is -1.72. The van der Waals surface area contributed by atoms with Crippen LogP contribution in [0.1, 0.15) is 16.1 Å². The summed E-state index contributed by atoms with van der Waals surface area (Å²) in [7, 11) is 0. The predicted molar refractivity (Wildman–Crippen MR) is 78.2 cm³/mol. The minimum Gasteiger partial charge on any atom is -0.332 e. The van der Waals surface area contributed by atoms with Gasteiger partial charge in [-0.2, -0.15) is 0 Å². The molecule has 3 aromatic heterocycles. The molecular weight excluding hydrogens is 256 g/mol. The molecule has 3 rings (SSSR count). The zero-order valence-electron chi connectivity index (χ0n) is 10.8. The van der Waals surface area contributed by atoms with Crippen LogP contribution in [-0.2, 0) is 19.5 Å². The Balaban J connectivity index is 1.91. The molecule has 0 spiro atoms. The highest BCUT2D eigenvalue weighted by Crippen LogP contribution is 2.20. The Labute approximate surface area is 115 Å². The van der Waals surface area contributed by atoms with Crippen LogP contribution in [-0.4, -0.2) is 14.5 Å². The van der Waals surface area contributed by atoms with Crippen molar-refractivity contribution in [2.75, 3.05) is 0 Å². The van der Waals surface area contributed by atoms with Gasteiger partial charge in [-0.3, -0.25) is 0 Å². The zero-order valence-corrected chi connectivity index (χ0v) is 11.7. The summed E-state index contributed by atoms with van der Waals surface area (Å²) in [6.45, 7) is 3.52. The fourth-order valence-electron chi connectivity index (χ4n) is 2.32. The molecule has 0 saturated carbocycles. The highest BCUT2D eigenvalue weighted by molar-refractivity contribution is 7.09. The van der Waals surface area contributed by atoms with Gasteiger partial charge in [-0.25, -0.2) is 9.97 Å². The van der Waals surface area contributed by atoms with E-state index in [1.807, 2.05) is 17.8 Å². The summed E-state index contributed by atoms with van der Waals surface area (Å²) in [5.41, 5.74) is 11.0. The maximum absolute atomic E-state index is 5.80. The summed E-state index contributed by atoms with van der Waals surface area (Å²) >= 11 is 1.72. The van der Waals surface area contributed by atoms with E-state index in [9.17, 15) is 0 Å². The second kappa shape index (κ2) is 5.11. The van der Waals surface area contributed by atoms with Crippen molar-refractivity contribution in [3.05, 3.63) is 46.2 Å². The number of nitrogens with two attached hydrogens (primary N) is 1. The topological polar surface area (TPSA) is 56.7 Å². The first kappa shape index (κ1) is 12.3. The SMILES string of the molecule is Cc1ncsc1CCn1cc(CN)c2cccnc21. The molecule has 0 atom stereocenters. The maximum atomic E-state index is 5.80. The minimum absolute atomic E-state index is 0.550. The molecule has 98 valence electrons. The third-order valence-electron chi connectivity index (χ3n) is 3.36. The van der Waals surface area contributed by atoms with Gasteiger partial charge >= 0.3 is 0 Å². The number of thiazole rings is 1. The van der Waals surface area contributed by atoms with Crippen molar-refractivity contribution >= 4 is 22.4 Å². The van der Waals surface area contributed by atoms with Crippen LogP contribution < -0.4 is 5.73 Å². The highest BCUT2D eigenvalue weighted by Gasteiger charge is 2.09. The van der Waals surface area contributed by atoms with Gasteiger partial charge in [0.15, 0.2) is 0 Å². The molecule has 0 aliphatic carbocycles. The predicted octanol–water partition coefficient (Wildman–Crippen LogP) is 2.50. The zero-order chi connectivity index (χ0) is 13.2. The minimum atomic E-state index is 0.550. The van der Waals surface area contributed by atoms with E-state index < -0.39 is 0 Å². The Morgan fingerprint density at radius 2 is 2.26 bits per heavy atom. The van der Waals surface area contributed by atoms with E-state index in [-0.39, 0.29) is 0 Å². The van der Waals surface area contributed by atoms with Gasteiger partial charge in [-0.05, 0) is 24.6 Å². The van der Waals surface area contributed by atoms with Gasteiger partial charge in [0.1, 0.15) is 5.65 Å². The van der Waals surface area contributed by atoms with Gasteiger partial charge in [-0.15, -0.1) is 11.3 Å². The van der Waals surface area contributed by atoms with Gasteiger partial charge in [0, 0.05) is 42.2 Å². The van der Waals surface area contributed by atoms with Crippen LogP contribution in [0.3, 0.4) is 0 Å². The second-order valence-corrected chi connectivity index (χ2v) is 5.48. The number of fused-ring (bicyclic) bond motifs is 1. The highest BCUT2D eigenvalue weighted by atomic mass is 32.1. The van der Waals surface area contributed by atoms with Crippen LogP contribution in [0.5, 0.6) is 0 Å². The molecule has 0 radical (unpaired) electrons. The number of aryl methyl sites for hydroxylation is 3. The molecule has 4 nitrogen and oxygen atoms in total. The number of pyridine rings is 1. The van der Waals surface area contributed by atoms with E-state index in [1.165, 1.54) is 4.88 Å². The monoisotopic (exact) mass is 272 g/mol. The summed E-state index contributed by atoms with van der Waals surface area (Å²) in [5, 5.41) is 1.16. The summed E-state index contributed by atoms with van der Waals surface area (Å²) in [6.07, 6.45) is 4.94. The molecule has 0 aliphatic rings. The van der Waals surface area contributed by atoms with Crippen molar-refractivity contribution in [2.24, 2.45) is 5.73 Å². The first-order valence-electron chi connectivity index (χ1n) is 6.31. The molecule has 3 aromatic rings. The number of hydrogen-bond acceptors (Lipinski definition) is 4. The van der Waals surface area contributed by atoms with Gasteiger partial charge in [0.05, 0.1) is 11.2 Å². The molecule has 19 heavy (non-hydrogen) atoms. The van der Waals surface area contributed by atoms with E-state index in [0.29, 0.717) is 6.54 Å². The van der Waals surface area contributed by atoms with Crippen LogP contribution >= 0.6 is 11.3 Å². The molecule has 3 heterocycles. The summed E-state index contributed by atoms with van der Waals surface area (Å²) in [6, 6.07) is 4.04. The van der Waals surface area contributed by atoms with Crippen molar-refractivity contribution in [1.82, 2.24) is 14.5 Å². The first-order chi connectivity index (χ1) is 9.29. The molecular formula is C14H16N4S. The van der Waals surface area contributed by atoms with Crippen LogP contribution in [0, 0.1) is 6.92 Å². The standard InChI is InChI=1S/C14H16N4S/c1-10-13(19-9-17-10)4-6-18-8-11(7-15)12-3-2-5-16-14(12)18/h2-3,5,8-9H,4,6-7,15H2,1H3. The molecule has 0 unspecified atom stereocenters. The van der Waals surface area contributed by atoms with Crippen molar-refractivity contribution < 1.29 is 0 Å². The number of hydrogen-bond donors (Lipinski definition) is 1. The Bertz CT molecular complexity index is 698. The second-order valence-electron chi connectivity index (χ2n) is 4.54. The smallest absolute Gasteiger partial charge is 0.140 e. The molecule has 0 aromatic carbocycles. The third-order valence-corrected chi connectivity index (χ3v) is 4.36. The van der Waals surface area contributed by atoms with Crippen molar-refractivity contribution in [2.45, 2.75) is 26.4 Å². The van der Waals surface area contributed by atoms with Crippen molar-refractivity contribution in [3.63, 3.8) is 0 Å². The average Bonchev–Trinajstić information content (AvgIpc) is 3.00. The van der Waals surface area contributed by atoms with Crippen LogP contribution in [0.15, 0.2) is 30.0 Å². The summed E-state index contributed by atoms with van der Waals surface area (Å²) in [4.78, 5) is 10.1. The van der Waals surface area contributed by atoms with E-state index in [4.69, 9.17) is 5.73 Å². The van der Waals surface area contributed by atoms with E-state index in [2.05, 4.69) is 33.7 Å². The van der Waals surface area contributed by atoms with Crippen molar-refractivity contribution in [1.29, 1.82) is 0 Å². The van der Waals surface area contributed by atoms with E-state index in [1.54, 1.807) is 11.3 Å².